The lowest BCUT2D eigenvalue weighted by molar-refractivity contribution is -0.0251. The van der Waals surface area contributed by atoms with Crippen LogP contribution < -0.4 is 10.1 Å². The van der Waals surface area contributed by atoms with Crippen LogP contribution >= 0.6 is 0 Å². The minimum Gasteiger partial charge on any atom is -0.497 e. The molecule has 2 unspecified atom stereocenters. The molecular formula is C14H19NO4. The van der Waals surface area contributed by atoms with Crippen molar-refractivity contribution in [2.24, 2.45) is 0 Å². The van der Waals surface area contributed by atoms with E-state index in [1.54, 1.807) is 31.4 Å². The summed E-state index contributed by atoms with van der Waals surface area (Å²) in [5.74, 6) is 0.489. The molecule has 0 aromatic heterocycles. The van der Waals surface area contributed by atoms with Gasteiger partial charge in [0.2, 0.25) is 0 Å². The molecule has 1 aromatic carbocycles. The average molecular weight is 265 g/mol. The van der Waals surface area contributed by atoms with Gasteiger partial charge in [0.15, 0.2) is 0 Å². The van der Waals surface area contributed by atoms with E-state index >= 15 is 0 Å². The summed E-state index contributed by atoms with van der Waals surface area (Å²) in [6.45, 7) is 2.53. The van der Waals surface area contributed by atoms with Crippen LogP contribution in [0.15, 0.2) is 24.3 Å². The van der Waals surface area contributed by atoms with Crippen LogP contribution in [0, 0.1) is 0 Å². The molecule has 104 valence electrons. The number of aliphatic hydroxyl groups is 1. The number of benzene rings is 1. The summed E-state index contributed by atoms with van der Waals surface area (Å²) in [7, 11) is 1.58. The van der Waals surface area contributed by atoms with E-state index in [4.69, 9.17) is 9.47 Å². The van der Waals surface area contributed by atoms with Gasteiger partial charge in [0.05, 0.1) is 13.2 Å². The van der Waals surface area contributed by atoms with Crippen molar-refractivity contribution in [3.63, 3.8) is 0 Å². The molecule has 5 heteroatoms. The molecular weight excluding hydrogens is 246 g/mol. The zero-order valence-corrected chi connectivity index (χ0v) is 11.2. The van der Waals surface area contributed by atoms with Gasteiger partial charge in [0.1, 0.15) is 11.4 Å². The van der Waals surface area contributed by atoms with Gasteiger partial charge < -0.3 is 19.9 Å². The van der Waals surface area contributed by atoms with E-state index in [9.17, 15) is 9.90 Å². The largest absolute Gasteiger partial charge is 0.497 e. The molecule has 2 rings (SSSR count). The fourth-order valence-electron chi connectivity index (χ4n) is 2.08. The number of nitrogens with one attached hydrogen (secondary N) is 1. The lowest BCUT2D eigenvalue weighted by atomic mass is 9.96. The van der Waals surface area contributed by atoms with Crippen LogP contribution in [-0.4, -0.2) is 43.0 Å². The highest BCUT2D eigenvalue weighted by Crippen LogP contribution is 2.24. The second-order valence-corrected chi connectivity index (χ2v) is 4.78. The molecule has 0 bridgehead atoms. The number of ether oxygens (including phenoxy) is 2. The Labute approximate surface area is 112 Å². The molecule has 1 saturated heterocycles. The van der Waals surface area contributed by atoms with Gasteiger partial charge in [0.25, 0.3) is 5.91 Å². The smallest absolute Gasteiger partial charge is 0.251 e. The van der Waals surface area contributed by atoms with Crippen molar-refractivity contribution in [3.05, 3.63) is 29.8 Å². The van der Waals surface area contributed by atoms with Crippen molar-refractivity contribution in [2.45, 2.75) is 25.0 Å². The fraction of sp³-hybridized carbons (Fsp3) is 0.500. The molecule has 1 heterocycles. The third-order valence-electron chi connectivity index (χ3n) is 3.57. The topological polar surface area (TPSA) is 67.8 Å². The minimum atomic E-state index is -0.970. The monoisotopic (exact) mass is 265 g/mol. The van der Waals surface area contributed by atoms with Gasteiger partial charge in [-0.1, -0.05) is 0 Å². The van der Waals surface area contributed by atoms with Gasteiger partial charge in [0, 0.05) is 25.1 Å². The van der Waals surface area contributed by atoms with Gasteiger partial charge in [-0.25, -0.2) is 0 Å². The lowest BCUT2D eigenvalue weighted by Gasteiger charge is -2.26. The number of hydrogen-bond acceptors (Lipinski definition) is 4. The van der Waals surface area contributed by atoms with Gasteiger partial charge in [-0.05, 0) is 31.2 Å². The summed E-state index contributed by atoms with van der Waals surface area (Å²) in [5.41, 5.74) is -0.432. The Bertz CT molecular complexity index is 445. The first-order valence-corrected chi connectivity index (χ1v) is 6.31. The Morgan fingerprint density at radius 2 is 2.21 bits per heavy atom. The highest BCUT2D eigenvalue weighted by molar-refractivity contribution is 5.94. The van der Waals surface area contributed by atoms with Crippen molar-refractivity contribution in [1.29, 1.82) is 0 Å². The average Bonchev–Trinajstić information content (AvgIpc) is 2.77. The molecule has 19 heavy (non-hydrogen) atoms. The lowest BCUT2D eigenvalue weighted by Crippen LogP contribution is -2.47. The number of rotatable bonds is 4. The van der Waals surface area contributed by atoms with E-state index in [-0.39, 0.29) is 18.6 Å². The van der Waals surface area contributed by atoms with E-state index in [2.05, 4.69) is 5.32 Å². The molecule has 0 saturated carbocycles. The summed E-state index contributed by atoms with van der Waals surface area (Å²) in [6.07, 6.45) is 0.278. The number of hydrogen-bond donors (Lipinski definition) is 2. The summed E-state index contributed by atoms with van der Waals surface area (Å²) in [4.78, 5) is 11.9. The Balaban J connectivity index is 1.93. The molecule has 0 spiro atoms. The van der Waals surface area contributed by atoms with Crippen LogP contribution in [0.4, 0.5) is 0 Å². The number of carbonyl (C=O) groups excluding carboxylic acids is 1. The molecule has 1 amide bonds. The summed E-state index contributed by atoms with van der Waals surface area (Å²) in [6, 6.07) is 6.83. The summed E-state index contributed by atoms with van der Waals surface area (Å²) >= 11 is 0. The zero-order chi connectivity index (χ0) is 13.9. The van der Waals surface area contributed by atoms with Crippen LogP contribution in [0.3, 0.4) is 0 Å². The normalized spacial score (nSPS) is 26.2. The van der Waals surface area contributed by atoms with E-state index < -0.39 is 5.60 Å². The quantitative estimate of drug-likeness (QED) is 0.851. The van der Waals surface area contributed by atoms with E-state index in [1.165, 1.54) is 0 Å². The maximum absolute atomic E-state index is 11.9. The zero-order valence-electron chi connectivity index (χ0n) is 11.2. The fourth-order valence-corrected chi connectivity index (χ4v) is 2.08. The summed E-state index contributed by atoms with van der Waals surface area (Å²) in [5, 5.41) is 13.0. The Hall–Kier alpha value is -1.59. The standard InChI is InChI=1S/C14H19NO4/c1-10-14(17,7-8-19-10)9-15-13(16)11-3-5-12(18-2)6-4-11/h3-6,10,17H,7-9H2,1-2H3,(H,15,16). The van der Waals surface area contributed by atoms with Gasteiger partial charge in [-0.3, -0.25) is 4.79 Å². The number of amides is 1. The predicted octanol–water partition coefficient (Wildman–Crippen LogP) is 0.965. The van der Waals surface area contributed by atoms with Gasteiger partial charge >= 0.3 is 0 Å². The molecule has 1 fully saturated rings. The molecule has 1 aliphatic rings. The Morgan fingerprint density at radius 3 is 2.74 bits per heavy atom. The van der Waals surface area contributed by atoms with Crippen molar-refractivity contribution < 1.29 is 19.4 Å². The maximum Gasteiger partial charge on any atom is 0.251 e. The number of carbonyl (C=O) groups is 1. The molecule has 1 aromatic rings. The molecule has 2 N–H and O–H groups in total. The van der Waals surface area contributed by atoms with Crippen molar-refractivity contribution in [1.82, 2.24) is 5.32 Å². The van der Waals surface area contributed by atoms with Crippen molar-refractivity contribution in [2.75, 3.05) is 20.3 Å². The molecule has 0 aliphatic carbocycles. The van der Waals surface area contributed by atoms with E-state index in [0.717, 1.165) is 0 Å². The van der Waals surface area contributed by atoms with Gasteiger partial charge in [-0.2, -0.15) is 0 Å². The minimum absolute atomic E-state index is 0.193. The SMILES string of the molecule is COc1ccc(C(=O)NCC2(O)CCOC2C)cc1. The van der Waals surface area contributed by atoms with Crippen LogP contribution in [0.2, 0.25) is 0 Å². The molecule has 2 atom stereocenters. The first-order valence-electron chi connectivity index (χ1n) is 6.31. The van der Waals surface area contributed by atoms with E-state index in [0.29, 0.717) is 24.3 Å². The van der Waals surface area contributed by atoms with Crippen LogP contribution in [0.1, 0.15) is 23.7 Å². The van der Waals surface area contributed by atoms with Crippen LogP contribution in [0.5, 0.6) is 5.75 Å². The highest BCUT2D eigenvalue weighted by atomic mass is 16.5. The first-order chi connectivity index (χ1) is 9.05. The second-order valence-electron chi connectivity index (χ2n) is 4.78. The molecule has 1 aliphatic heterocycles. The predicted molar refractivity (Wildman–Crippen MR) is 70.3 cm³/mol. The number of methoxy groups -OCH3 is 1. The highest BCUT2D eigenvalue weighted by Gasteiger charge is 2.39. The van der Waals surface area contributed by atoms with Crippen LogP contribution in [-0.2, 0) is 4.74 Å². The summed E-state index contributed by atoms with van der Waals surface area (Å²) < 4.78 is 10.4. The van der Waals surface area contributed by atoms with Crippen LogP contribution in [0.25, 0.3) is 0 Å². The second kappa shape index (κ2) is 5.59. The third-order valence-corrected chi connectivity index (χ3v) is 3.57. The molecule has 5 nitrogen and oxygen atoms in total. The van der Waals surface area contributed by atoms with Crippen molar-refractivity contribution >= 4 is 5.91 Å². The van der Waals surface area contributed by atoms with E-state index in [1.807, 2.05) is 6.92 Å². The molecule has 0 radical (unpaired) electrons. The van der Waals surface area contributed by atoms with Gasteiger partial charge in [-0.15, -0.1) is 0 Å². The third kappa shape index (κ3) is 3.05. The van der Waals surface area contributed by atoms with Crippen molar-refractivity contribution in [3.8, 4) is 5.75 Å². The maximum atomic E-state index is 11.9. The Morgan fingerprint density at radius 1 is 1.53 bits per heavy atom. The Kier molecular flexibility index (Phi) is 4.07. The first kappa shape index (κ1) is 13.8.